The van der Waals surface area contributed by atoms with Crippen LogP contribution in [0.25, 0.3) is 11.2 Å². The summed E-state index contributed by atoms with van der Waals surface area (Å²) < 4.78 is 7.33. The minimum atomic E-state index is -0.215. The Labute approximate surface area is 113 Å². The Morgan fingerprint density at radius 2 is 2.11 bits per heavy atom. The molecule has 0 aromatic carbocycles. The second kappa shape index (κ2) is 3.94. The molecule has 2 aliphatic heterocycles. The first-order chi connectivity index (χ1) is 9.20. The van der Waals surface area contributed by atoms with Gasteiger partial charge in [-0.25, -0.2) is 9.78 Å². The van der Waals surface area contributed by atoms with E-state index >= 15 is 0 Å². The smallest absolute Gasteiger partial charge is 0.346 e. The van der Waals surface area contributed by atoms with Crippen molar-refractivity contribution in [3.63, 3.8) is 0 Å². The average molecular weight is 282 g/mol. The number of hydrogen-bond donors (Lipinski definition) is 1. The van der Waals surface area contributed by atoms with Gasteiger partial charge in [-0.2, -0.15) is 9.66 Å². The number of morpholine rings is 1. The van der Waals surface area contributed by atoms with Crippen molar-refractivity contribution >= 4 is 22.8 Å². The number of ether oxygens (including phenoxy) is 1. The van der Waals surface area contributed by atoms with Crippen LogP contribution >= 0.6 is 11.6 Å². The van der Waals surface area contributed by atoms with Gasteiger partial charge in [-0.3, -0.25) is 0 Å². The van der Waals surface area contributed by atoms with Crippen molar-refractivity contribution in [1.29, 1.82) is 0 Å². The number of rotatable bonds is 1. The van der Waals surface area contributed by atoms with Crippen LogP contribution in [0, 0.1) is 0 Å². The Balaban J connectivity index is 1.84. The van der Waals surface area contributed by atoms with Crippen LogP contribution < -0.4 is 10.7 Å². The van der Waals surface area contributed by atoms with Crippen molar-refractivity contribution < 1.29 is 4.74 Å². The summed E-state index contributed by atoms with van der Waals surface area (Å²) in [5.41, 5.74) is 0.896. The van der Waals surface area contributed by atoms with Gasteiger partial charge in [-0.1, -0.05) is 0 Å². The van der Waals surface area contributed by atoms with Gasteiger partial charge in [0.25, 0.3) is 0 Å². The van der Waals surface area contributed by atoms with Crippen molar-refractivity contribution in [1.82, 2.24) is 19.6 Å². The van der Waals surface area contributed by atoms with Gasteiger partial charge in [0.2, 0.25) is 5.28 Å². The molecule has 2 bridgehead atoms. The zero-order valence-electron chi connectivity index (χ0n) is 10.0. The Hall–Kier alpha value is -1.60. The maximum atomic E-state index is 12.1. The normalized spacial score (nSPS) is 26.3. The summed E-state index contributed by atoms with van der Waals surface area (Å²) >= 11 is 5.81. The highest BCUT2D eigenvalue weighted by Crippen LogP contribution is 2.25. The summed E-state index contributed by atoms with van der Waals surface area (Å²) in [7, 11) is 0. The van der Waals surface area contributed by atoms with Crippen molar-refractivity contribution in [3.8, 4) is 0 Å². The van der Waals surface area contributed by atoms with E-state index in [0.29, 0.717) is 24.3 Å². The summed E-state index contributed by atoms with van der Waals surface area (Å²) in [6.45, 7) is 1.40. The van der Waals surface area contributed by atoms with Gasteiger partial charge in [0.05, 0.1) is 31.5 Å². The summed E-state index contributed by atoms with van der Waals surface area (Å²) in [5.74, 6) is 0. The Morgan fingerprint density at radius 3 is 2.84 bits per heavy atom. The minimum Gasteiger partial charge on any atom is -0.371 e. The highest BCUT2D eigenvalue weighted by atomic mass is 35.5. The second-order valence-corrected chi connectivity index (χ2v) is 5.29. The predicted molar refractivity (Wildman–Crippen MR) is 69.0 cm³/mol. The number of imidazole rings is 1. The minimum absolute atomic E-state index is 0.136. The van der Waals surface area contributed by atoms with Crippen LogP contribution in [0.3, 0.4) is 0 Å². The molecule has 7 nitrogen and oxygen atoms in total. The quantitative estimate of drug-likeness (QED) is 0.760. The predicted octanol–water partition coefficient (Wildman–Crippen LogP) is 0.272. The molecule has 2 aromatic heterocycles. The van der Waals surface area contributed by atoms with Crippen LogP contribution in [0.1, 0.15) is 12.8 Å². The molecule has 8 heteroatoms. The van der Waals surface area contributed by atoms with Gasteiger partial charge in [-0.05, 0) is 24.4 Å². The van der Waals surface area contributed by atoms with E-state index in [9.17, 15) is 4.79 Å². The molecule has 4 heterocycles. The van der Waals surface area contributed by atoms with Crippen molar-refractivity contribution in [2.75, 3.05) is 18.1 Å². The third kappa shape index (κ3) is 1.73. The standard InChI is InChI=1S/C11H12ClN5O2/c12-10-13-3-8-9(15-10)17(11(18)14-8)16-4-6-1-2-7(5-16)19-6/h3,6-7H,1-2,4-5H2,(H,14,18). The maximum absolute atomic E-state index is 12.1. The number of hydrogen-bond acceptors (Lipinski definition) is 5. The van der Waals surface area contributed by atoms with Crippen LogP contribution in [0.5, 0.6) is 0 Å². The zero-order valence-corrected chi connectivity index (χ0v) is 10.8. The number of aromatic nitrogens is 4. The number of aromatic amines is 1. The van der Waals surface area contributed by atoms with Crippen LogP contribution in [0.15, 0.2) is 11.0 Å². The molecule has 19 heavy (non-hydrogen) atoms. The molecule has 2 aliphatic rings. The number of halogens is 1. The average Bonchev–Trinajstić information content (AvgIpc) is 2.88. The third-order valence-corrected chi connectivity index (χ3v) is 3.86. The molecule has 0 saturated carbocycles. The van der Waals surface area contributed by atoms with Crippen LogP contribution in [0.4, 0.5) is 0 Å². The van der Waals surface area contributed by atoms with Crippen molar-refractivity contribution in [2.24, 2.45) is 0 Å². The molecule has 2 atom stereocenters. The number of fused-ring (bicyclic) bond motifs is 3. The summed E-state index contributed by atoms with van der Waals surface area (Å²) in [6.07, 6.45) is 4.03. The Bertz CT molecular complexity index is 684. The highest BCUT2D eigenvalue weighted by Gasteiger charge is 2.35. The summed E-state index contributed by atoms with van der Waals surface area (Å²) in [6, 6.07) is 0. The highest BCUT2D eigenvalue weighted by molar-refractivity contribution is 6.28. The van der Waals surface area contributed by atoms with Crippen LogP contribution in [-0.4, -0.2) is 44.9 Å². The molecule has 2 saturated heterocycles. The number of nitrogens with zero attached hydrogens (tertiary/aromatic N) is 4. The number of H-pyrrole nitrogens is 1. The fraction of sp³-hybridized carbons (Fsp3) is 0.545. The molecule has 0 amide bonds. The molecular weight excluding hydrogens is 270 g/mol. The van der Waals surface area contributed by atoms with Gasteiger partial charge in [-0.15, -0.1) is 0 Å². The molecule has 0 aliphatic carbocycles. The third-order valence-electron chi connectivity index (χ3n) is 3.68. The van der Waals surface area contributed by atoms with E-state index < -0.39 is 0 Å². The van der Waals surface area contributed by atoms with Crippen molar-refractivity contribution in [3.05, 3.63) is 22.0 Å². The molecule has 0 radical (unpaired) electrons. The van der Waals surface area contributed by atoms with Crippen LogP contribution in [-0.2, 0) is 4.74 Å². The molecule has 0 spiro atoms. The monoisotopic (exact) mass is 281 g/mol. The van der Waals surface area contributed by atoms with E-state index in [2.05, 4.69) is 15.0 Å². The molecule has 100 valence electrons. The molecule has 2 unspecified atom stereocenters. The van der Waals surface area contributed by atoms with E-state index in [0.717, 1.165) is 12.8 Å². The van der Waals surface area contributed by atoms with E-state index in [-0.39, 0.29) is 23.2 Å². The van der Waals surface area contributed by atoms with Gasteiger partial charge < -0.3 is 14.7 Å². The van der Waals surface area contributed by atoms with E-state index in [1.54, 1.807) is 4.68 Å². The topological polar surface area (TPSA) is 76.0 Å². The number of nitrogens with one attached hydrogen (secondary N) is 1. The summed E-state index contributed by atoms with van der Waals surface area (Å²) in [5, 5.41) is 2.12. The fourth-order valence-corrected chi connectivity index (χ4v) is 3.01. The maximum Gasteiger partial charge on any atom is 0.346 e. The van der Waals surface area contributed by atoms with Gasteiger partial charge in [0.1, 0.15) is 5.52 Å². The fourth-order valence-electron chi connectivity index (χ4n) is 2.89. The van der Waals surface area contributed by atoms with Crippen molar-refractivity contribution in [2.45, 2.75) is 25.0 Å². The molecule has 1 N–H and O–H groups in total. The Morgan fingerprint density at radius 1 is 1.37 bits per heavy atom. The lowest BCUT2D eigenvalue weighted by molar-refractivity contribution is 0.0215. The van der Waals surface area contributed by atoms with Crippen LogP contribution in [0.2, 0.25) is 5.28 Å². The van der Waals surface area contributed by atoms with E-state index in [4.69, 9.17) is 16.3 Å². The first-order valence-corrected chi connectivity index (χ1v) is 6.62. The molecular formula is C11H12ClN5O2. The van der Waals surface area contributed by atoms with Gasteiger partial charge >= 0.3 is 5.69 Å². The molecule has 4 rings (SSSR count). The first kappa shape index (κ1) is 11.2. The lowest BCUT2D eigenvalue weighted by Crippen LogP contribution is -2.52. The SMILES string of the molecule is O=c1[nH]c2cnc(Cl)nc2n1N1CC2CCC(C1)O2. The Kier molecular flexibility index (Phi) is 2.33. The largest absolute Gasteiger partial charge is 0.371 e. The summed E-state index contributed by atoms with van der Waals surface area (Å²) in [4.78, 5) is 22.9. The second-order valence-electron chi connectivity index (χ2n) is 4.95. The van der Waals surface area contributed by atoms with E-state index in [1.807, 2.05) is 5.01 Å². The lowest BCUT2D eigenvalue weighted by Gasteiger charge is -2.33. The molecule has 2 fully saturated rings. The van der Waals surface area contributed by atoms with Gasteiger partial charge in [0.15, 0.2) is 5.65 Å². The molecule has 2 aromatic rings. The lowest BCUT2D eigenvalue weighted by atomic mass is 10.2. The zero-order chi connectivity index (χ0) is 13.0. The van der Waals surface area contributed by atoms with E-state index in [1.165, 1.54) is 6.20 Å². The van der Waals surface area contributed by atoms with Gasteiger partial charge in [0, 0.05) is 0 Å². The first-order valence-electron chi connectivity index (χ1n) is 6.24.